The number of carbonyl (C=O) groups is 1. The number of carbonyl (C=O) groups excluding carboxylic acids is 1. The van der Waals surface area contributed by atoms with E-state index in [1.807, 2.05) is 20.8 Å². The predicted octanol–water partition coefficient (Wildman–Crippen LogP) is 3.70. The van der Waals surface area contributed by atoms with Gasteiger partial charge in [-0.25, -0.2) is 0 Å². The van der Waals surface area contributed by atoms with Gasteiger partial charge in [-0.1, -0.05) is 0 Å². The molecule has 0 amide bonds. The highest BCUT2D eigenvalue weighted by atomic mass is 16.5. The van der Waals surface area contributed by atoms with Gasteiger partial charge in [0.15, 0.2) is 17.3 Å². The smallest absolute Gasteiger partial charge is 0.204 e. The molecule has 5 nitrogen and oxygen atoms in total. The van der Waals surface area contributed by atoms with Gasteiger partial charge in [0.25, 0.3) is 0 Å². The third kappa shape index (κ3) is 3.79. The van der Waals surface area contributed by atoms with Gasteiger partial charge < -0.3 is 19.9 Å². The molecule has 24 heavy (non-hydrogen) atoms. The van der Waals surface area contributed by atoms with Gasteiger partial charge in [-0.05, 0) is 57.2 Å². The highest BCUT2D eigenvalue weighted by Gasteiger charge is 2.22. The minimum absolute atomic E-state index is 0.151. The molecule has 0 aromatic heterocycles. The molecular formula is C19H23NO4. The van der Waals surface area contributed by atoms with E-state index in [2.05, 4.69) is 0 Å². The van der Waals surface area contributed by atoms with Crippen molar-refractivity contribution in [3.63, 3.8) is 0 Å². The Morgan fingerprint density at radius 1 is 0.833 bits per heavy atom. The van der Waals surface area contributed by atoms with E-state index < -0.39 is 0 Å². The van der Waals surface area contributed by atoms with Crippen molar-refractivity contribution < 1.29 is 19.0 Å². The van der Waals surface area contributed by atoms with E-state index in [1.165, 1.54) is 0 Å². The zero-order chi connectivity index (χ0) is 17.5. The van der Waals surface area contributed by atoms with Crippen molar-refractivity contribution in [2.45, 2.75) is 20.8 Å². The van der Waals surface area contributed by atoms with Crippen LogP contribution in [0.25, 0.3) is 0 Å². The summed E-state index contributed by atoms with van der Waals surface area (Å²) in [4.78, 5) is 12.9. The lowest BCUT2D eigenvalue weighted by atomic mass is 10.0. The largest absolute Gasteiger partial charge is 0.490 e. The topological polar surface area (TPSA) is 70.8 Å². The summed E-state index contributed by atoms with van der Waals surface area (Å²) < 4.78 is 17.0. The molecule has 0 spiro atoms. The molecule has 2 N–H and O–H groups in total. The first-order chi connectivity index (χ1) is 11.6. The Labute approximate surface area is 142 Å². The Morgan fingerprint density at radius 3 is 2.00 bits per heavy atom. The van der Waals surface area contributed by atoms with Crippen LogP contribution in [0.1, 0.15) is 36.7 Å². The molecule has 0 aliphatic rings. The normalized spacial score (nSPS) is 10.3. The van der Waals surface area contributed by atoms with E-state index >= 15 is 0 Å². The fraction of sp³-hybridized carbons (Fsp3) is 0.316. The molecule has 128 valence electrons. The number of rotatable bonds is 8. The van der Waals surface area contributed by atoms with Crippen molar-refractivity contribution in [3.05, 3.63) is 47.5 Å². The Bertz CT molecular complexity index is 695. The molecule has 0 bridgehead atoms. The van der Waals surface area contributed by atoms with Gasteiger partial charge in [-0.2, -0.15) is 0 Å². The number of hydrogen-bond acceptors (Lipinski definition) is 5. The molecular weight excluding hydrogens is 306 g/mol. The first kappa shape index (κ1) is 17.7. The number of ether oxygens (including phenoxy) is 3. The van der Waals surface area contributed by atoms with Crippen molar-refractivity contribution in [2.24, 2.45) is 0 Å². The van der Waals surface area contributed by atoms with Crippen molar-refractivity contribution in [1.82, 2.24) is 0 Å². The van der Waals surface area contributed by atoms with Crippen LogP contribution in [0.4, 0.5) is 5.69 Å². The molecule has 0 aliphatic heterocycles. The third-order valence-corrected chi connectivity index (χ3v) is 3.37. The van der Waals surface area contributed by atoms with Crippen LogP contribution in [0.3, 0.4) is 0 Å². The molecule has 0 fully saturated rings. The van der Waals surface area contributed by atoms with Gasteiger partial charge in [0.05, 0.1) is 25.4 Å². The average molecular weight is 329 g/mol. The summed E-state index contributed by atoms with van der Waals surface area (Å²) in [5, 5.41) is 0. The lowest BCUT2D eigenvalue weighted by Gasteiger charge is -2.18. The molecule has 2 aromatic carbocycles. The Kier molecular flexibility index (Phi) is 6.07. The standard InChI is InChI=1S/C19H23NO4/c1-4-22-16-12-11-15(18(23-5-2)19(16)24-6-3)17(21)13-7-9-14(20)10-8-13/h7-12H,4-6,20H2,1-3H3. The number of ketones is 1. The second-order valence-electron chi connectivity index (χ2n) is 5.02. The number of anilines is 1. The summed E-state index contributed by atoms with van der Waals surface area (Å²) >= 11 is 0. The van der Waals surface area contributed by atoms with E-state index in [1.54, 1.807) is 36.4 Å². The Balaban J connectivity index is 2.53. The van der Waals surface area contributed by atoms with Gasteiger partial charge in [-0.3, -0.25) is 4.79 Å². The molecule has 0 radical (unpaired) electrons. The van der Waals surface area contributed by atoms with Crippen LogP contribution >= 0.6 is 0 Å². The zero-order valence-corrected chi connectivity index (χ0v) is 14.3. The minimum Gasteiger partial charge on any atom is -0.490 e. The maximum Gasteiger partial charge on any atom is 0.204 e. The summed E-state index contributed by atoms with van der Waals surface area (Å²) in [6.45, 7) is 6.98. The fourth-order valence-electron chi connectivity index (χ4n) is 2.35. The van der Waals surface area contributed by atoms with E-state index in [4.69, 9.17) is 19.9 Å². The van der Waals surface area contributed by atoms with E-state index in [0.717, 1.165) is 0 Å². The van der Waals surface area contributed by atoms with E-state index in [9.17, 15) is 4.79 Å². The molecule has 0 heterocycles. The summed E-state index contributed by atoms with van der Waals surface area (Å²) in [7, 11) is 0. The minimum atomic E-state index is -0.151. The molecule has 0 atom stereocenters. The molecule has 5 heteroatoms. The van der Waals surface area contributed by atoms with Crippen molar-refractivity contribution in [3.8, 4) is 17.2 Å². The molecule has 0 unspecified atom stereocenters. The van der Waals surface area contributed by atoms with Gasteiger partial charge in [0.2, 0.25) is 5.75 Å². The maximum atomic E-state index is 12.9. The summed E-state index contributed by atoms with van der Waals surface area (Å²) in [6, 6.07) is 10.2. The van der Waals surface area contributed by atoms with Crippen LogP contribution in [-0.2, 0) is 0 Å². The summed E-state index contributed by atoms with van der Waals surface area (Å²) in [6.07, 6.45) is 0. The van der Waals surface area contributed by atoms with Gasteiger partial charge in [-0.15, -0.1) is 0 Å². The lowest BCUT2D eigenvalue weighted by molar-refractivity contribution is 0.103. The summed E-state index contributed by atoms with van der Waals surface area (Å²) in [5.74, 6) is 1.29. The van der Waals surface area contributed by atoms with Crippen molar-refractivity contribution >= 4 is 11.5 Å². The van der Waals surface area contributed by atoms with Crippen molar-refractivity contribution in [2.75, 3.05) is 25.6 Å². The van der Waals surface area contributed by atoms with Crippen LogP contribution in [-0.4, -0.2) is 25.6 Å². The molecule has 0 saturated heterocycles. The number of benzene rings is 2. The maximum absolute atomic E-state index is 12.9. The fourth-order valence-corrected chi connectivity index (χ4v) is 2.35. The van der Waals surface area contributed by atoms with Crippen LogP contribution in [0, 0.1) is 0 Å². The van der Waals surface area contributed by atoms with Crippen LogP contribution in [0.2, 0.25) is 0 Å². The number of nitrogens with two attached hydrogens (primary N) is 1. The first-order valence-corrected chi connectivity index (χ1v) is 8.07. The number of hydrogen-bond donors (Lipinski definition) is 1. The molecule has 0 aliphatic carbocycles. The van der Waals surface area contributed by atoms with Crippen molar-refractivity contribution in [1.29, 1.82) is 0 Å². The summed E-state index contributed by atoms with van der Waals surface area (Å²) in [5.41, 5.74) is 7.27. The van der Waals surface area contributed by atoms with Crippen LogP contribution in [0.5, 0.6) is 17.2 Å². The zero-order valence-electron chi connectivity index (χ0n) is 14.3. The molecule has 2 aromatic rings. The highest BCUT2D eigenvalue weighted by molar-refractivity contribution is 6.11. The van der Waals surface area contributed by atoms with Gasteiger partial charge in [0, 0.05) is 11.3 Å². The number of nitrogen functional groups attached to an aromatic ring is 1. The Morgan fingerprint density at radius 2 is 1.42 bits per heavy atom. The molecule has 2 rings (SSSR count). The predicted molar refractivity (Wildman–Crippen MR) is 94.2 cm³/mol. The van der Waals surface area contributed by atoms with Crippen LogP contribution < -0.4 is 19.9 Å². The average Bonchev–Trinajstić information content (AvgIpc) is 2.58. The van der Waals surface area contributed by atoms with Gasteiger partial charge >= 0.3 is 0 Å². The second kappa shape index (κ2) is 8.24. The monoisotopic (exact) mass is 329 g/mol. The highest BCUT2D eigenvalue weighted by Crippen LogP contribution is 2.41. The Hall–Kier alpha value is -2.69. The first-order valence-electron chi connectivity index (χ1n) is 8.07. The third-order valence-electron chi connectivity index (χ3n) is 3.37. The van der Waals surface area contributed by atoms with E-state index in [-0.39, 0.29) is 5.78 Å². The quantitative estimate of drug-likeness (QED) is 0.591. The second-order valence-corrected chi connectivity index (χ2v) is 5.02. The lowest BCUT2D eigenvalue weighted by Crippen LogP contribution is -2.09. The molecule has 0 saturated carbocycles. The van der Waals surface area contributed by atoms with Gasteiger partial charge in [0.1, 0.15) is 0 Å². The van der Waals surface area contributed by atoms with Crippen LogP contribution in [0.15, 0.2) is 36.4 Å². The van der Waals surface area contributed by atoms with E-state index in [0.29, 0.717) is 53.9 Å². The SMILES string of the molecule is CCOc1ccc(C(=O)c2ccc(N)cc2)c(OCC)c1OCC.